The van der Waals surface area contributed by atoms with Crippen LogP contribution in [0.15, 0.2) is 60.7 Å². The van der Waals surface area contributed by atoms with Gasteiger partial charge in [-0.15, -0.1) is 10.2 Å². The molecule has 0 fully saturated rings. The van der Waals surface area contributed by atoms with Crippen LogP contribution < -0.4 is 5.32 Å². The number of hydrogen-bond acceptors (Lipinski definition) is 5. The number of Topliss-reactive ketones (excluding diaryl/α,β-unsaturated/α-hetero) is 1. The average molecular weight is 377 g/mol. The molecule has 1 heterocycles. The predicted octanol–water partition coefficient (Wildman–Crippen LogP) is 2.75. The van der Waals surface area contributed by atoms with Gasteiger partial charge in [-0.05, 0) is 29.7 Å². The van der Waals surface area contributed by atoms with Crippen molar-refractivity contribution in [2.45, 2.75) is 32.9 Å². The number of rotatable bonds is 8. The fourth-order valence-corrected chi connectivity index (χ4v) is 2.84. The van der Waals surface area contributed by atoms with Gasteiger partial charge in [-0.3, -0.25) is 9.59 Å². The first-order valence-electron chi connectivity index (χ1n) is 9.25. The molecule has 3 aromatic rings. The van der Waals surface area contributed by atoms with Crippen LogP contribution in [0, 0.1) is 5.92 Å². The van der Waals surface area contributed by atoms with E-state index in [0.29, 0.717) is 17.8 Å². The zero-order chi connectivity index (χ0) is 19.9. The Morgan fingerprint density at radius 2 is 1.64 bits per heavy atom. The van der Waals surface area contributed by atoms with E-state index in [1.165, 1.54) is 4.80 Å². The summed E-state index contributed by atoms with van der Waals surface area (Å²) in [5.41, 5.74) is 1.35. The van der Waals surface area contributed by atoms with Crippen molar-refractivity contribution in [3.8, 4) is 11.4 Å². The molecule has 0 spiro atoms. The number of carbonyl (C=O) groups is 2. The summed E-state index contributed by atoms with van der Waals surface area (Å²) in [6.07, 6.45) is 0.539. The van der Waals surface area contributed by atoms with Crippen LogP contribution in [0.4, 0.5) is 0 Å². The van der Waals surface area contributed by atoms with Gasteiger partial charge in [0, 0.05) is 11.1 Å². The highest BCUT2D eigenvalue weighted by Crippen LogP contribution is 2.12. The van der Waals surface area contributed by atoms with E-state index in [1.807, 2.05) is 50.2 Å². The fraction of sp³-hybridized carbons (Fsp3) is 0.286. The molecule has 0 aliphatic heterocycles. The maximum Gasteiger partial charge on any atom is 0.251 e. The third kappa shape index (κ3) is 5.09. The number of nitrogens with zero attached hydrogens (tertiary/aromatic N) is 4. The van der Waals surface area contributed by atoms with Gasteiger partial charge in [-0.1, -0.05) is 62.4 Å². The van der Waals surface area contributed by atoms with Crippen molar-refractivity contribution in [3.05, 3.63) is 66.2 Å². The SMILES string of the molecule is CC(C)C[C@H](NC(=O)c1ccccc1)C(=O)Cn1nnc(-c2ccccc2)n1. The molecular weight excluding hydrogens is 354 g/mol. The van der Waals surface area contributed by atoms with Crippen LogP contribution in [0.25, 0.3) is 11.4 Å². The van der Waals surface area contributed by atoms with Gasteiger partial charge in [-0.2, -0.15) is 4.80 Å². The first-order chi connectivity index (χ1) is 13.5. The lowest BCUT2D eigenvalue weighted by Crippen LogP contribution is -2.43. The van der Waals surface area contributed by atoms with Crippen molar-refractivity contribution < 1.29 is 9.59 Å². The van der Waals surface area contributed by atoms with Crippen molar-refractivity contribution in [1.82, 2.24) is 25.5 Å². The molecule has 0 aliphatic rings. The summed E-state index contributed by atoms with van der Waals surface area (Å²) in [6.45, 7) is 3.97. The van der Waals surface area contributed by atoms with Crippen molar-refractivity contribution in [2.75, 3.05) is 0 Å². The summed E-state index contributed by atoms with van der Waals surface area (Å²) in [7, 11) is 0. The molecule has 28 heavy (non-hydrogen) atoms. The maximum atomic E-state index is 12.8. The fourth-order valence-electron chi connectivity index (χ4n) is 2.84. The molecule has 0 aliphatic carbocycles. The molecule has 1 atom stereocenters. The third-order valence-corrected chi connectivity index (χ3v) is 4.22. The number of aromatic nitrogens is 4. The average Bonchev–Trinajstić information content (AvgIpc) is 3.17. The highest BCUT2D eigenvalue weighted by molar-refractivity contribution is 5.97. The molecule has 2 aromatic carbocycles. The predicted molar refractivity (Wildman–Crippen MR) is 105 cm³/mol. The molecule has 3 rings (SSSR count). The molecule has 1 aromatic heterocycles. The minimum absolute atomic E-state index is 0.0493. The smallest absolute Gasteiger partial charge is 0.251 e. The summed E-state index contributed by atoms with van der Waals surface area (Å²) >= 11 is 0. The van der Waals surface area contributed by atoms with Crippen LogP contribution in [0.2, 0.25) is 0 Å². The summed E-state index contributed by atoms with van der Waals surface area (Å²) in [5, 5.41) is 15.1. The zero-order valence-electron chi connectivity index (χ0n) is 15.9. The van der Waals surface area contributed by atoms with E-state index < -0.39 is 6.04 Å². The second-order valence-corrected chi connectivity index (χ2v) is 7.00. The summed E-state index contributed by atoms with van der Waals surface area (Å²) < 4.78 is 0. The number of tetrazole rings is 1. The van der Waals surface area contributed by atoms with Crippen molar-refractivity contribution in [1.29, 1.82) is 0 Å². The molecule has 7 heteroatoms. The molecule has 1 N–H and O–H groups in total. The lowest BCUT2D eigenvalue weighted by atomic mass is 9.99. The van der Waals surface area contributed by atoms with Gasteiger partial charge < -0.3 is 5.32 Å². The molecule has 0 saturated heterocycles. The van der Waals surface area contributed by atoms with Gasteiger partial charge in [-0.25, -0.2) is 0 Å². The van der Waals surface area contributed by atoms with E-state index in [9.17, 15) is 9.59 Å². The van der Waals surface area contributed by atoms with E-state index >= 15 is 0 Å². The normalized spacial score (nSPS) is 12.0. The van der Waals surface area contributed by atoms with Gasteiger partial charge in [0.05, 0.1) is 6.04 Å². The van der Waals surface area contributed by atoms with Crippen LogP contribution >= 0.6 is 0 Å². The molecule has 1 amide bonds. The molecule has 0 radical (unpaired) electrons. The standard InChI is InChI=1S/C21H23N5O2/c1-15(2)13-18(22-21(28)17-11-7-4-8-12-17)19(27)14-26-24-20(23-25-26)16-9-5-3-6-10-16/h3-12,15,18H,13-14H2,1-2H3,(H,22,28)/t18-/m0/s1. The highest BCUT2D eigenvalue weighted by atomic mass is 16.2. The van der Waals surface area contributed by atoms with E-state index in [1.54, 1.807) is 24.3 Å². The Morgan fingerprint density at radius 1 is 1.00 bits per heavy atom. The Labute approximate surface area is 163 Å². The van der Waals surface area contributed by atoms with E-state index in [2.05, 4.69) is 20.7 Å². The number of nitrogens with one attached hydrogen (secondary N) is 1. The quantitative estimate of drug-likeness (QED) is 0.652. The lowest BCUT2D eigenvalue weighted by Gasteiger charge is -2.19. The summed E-state index contributed by atoms with van der Waals surface area (Å²) in [4.78, 5) is 26.6. The van der Waals surface area contributed by atoms with E-state index in [0.717, 1.165) is 5.56 Å². The van der Waals surface area contributed by atoms with Crippen LogP contribution in [0.1, 0.15) is 30.6 Å². The van der Waals surface area contributed by atoms with Crippen molar-refractivity contribution in [2.24, 2.45) is 5.92 Å². The maximum absolute atomic E-state index is 12.8. The number of hydrogen-bond donors (Lipinski definition) is 1. The van der Waals surface area contributed by atoms with Gasteiger partial charge >= 0.3 is 0 Å². The third-order valence-electron chi connectivity index (χ3n) is 4.22. The molecule has 0 unspecified atom stereocenters. The van der Waals surface area contributed by atoms with Gasteiger partial charge in [0.2, 0.25) is 5.82 Å². The topological polar surface area (TPSA) is 89.8 Å². The zero-order valence-corrected chi connectivity index (χ0v) is 15.9. The van der Waals surface area contributed by atoms with E-state index in [-0.39, 0.29) is 24.2 Å². The van der Waals surface area contributed by atoms with E-state index in [4.69, 9.17) is 0 Å². The minimum atomic E-state index is -0.612. The van der Waals surface area contributed by atoms with Crippen molar-refractivity contribution >= 4 is 11.7 Å². The number of amides is 1. The highest BCUT2D eigenvalue weighted by Gasteiger charge is 2.23. The number of benzene rings is 2. The Kier molecular flexibility index (Phi) is 6.26. The Morgan fingerprint density at radius 3 is 2.29 bits per heavy atom. The van der Waals surface area contributed by atoms with Crippen LogP contribution in [0.5, 0.6) is 0 Å². The van der Waals surface area contributed by atoms with Crippen LogP contribution in [0.3, 0.4) is 0 Å². The Hall–Kier alpha value is -3.35. The molecule has 0 saturated carbocycles. The monoisotopic (exact) mass is 377 g/mol. The molecule has 144 valence electrons. The first-order valence-corrected chi connectivity index (χ1v) is 9.25. The van der Waals surface area contributed by atoms with Crippen molar-refractivity contribution in [3.63, 3.8) is 0 Å². The van der Waals surface area contributed by atoms with Crippen LogP contribution in [-0.4, -0.2) is 37.9 Å². The molecule has 0 bridgehead atoms. The summed E-state index contributed by atoms with van der Waals surface area (Å²) in [6, 6.07) is 17.7. The number of ketones is 1. The van der Waals surface area contributed by atoms with Gasteiger partial charge in [0.15, 0.2) is 5.78 Å². The first kappa shape index (κ1) is 19.4. The second kappa shape index (κ2) is 9.03. The van der Waals surface area contributed by atoms with Gasteiger partial charge in [0.1, 0.15) is 6.54 Å². The van der Waals surface area contributed by atoms with Gasteiger partial charge in [0.25, 0.3) is 5.91 Å². The molecular formula is C21H23N5O2. The summed E-state index contributed by atoms with van der Waals surface area (Å²) in [5.74, 6) is 0.279. The largest absolute Gasteiger partial charge is 0.342 e. The molecule has 7 nitrogen and oxygen atoms in total. The Bertz CT molecular complexity index is 922. The minimum Gasteiger partial charge on any atom is -0.342 e. The number of carbonyl (C=O) groups excluding carboxylic acids is 2. The lowest BCUT2D eigenvalue weighted by molar-refractivity contribution is -0.122. The van der Waals surface area contributed by atoms with Crippen LogP contribution in [-0.2, 0) is 11.3 Å². The Balaban J connectivity index is 1.70. The second-order valence-electron chi connectivity index (χ2n) is 7.00.